The number of nitrogens with one attached hydrogen (secondary N) is 1. The number of esters is 2. The molecule has 1 saturated heterocycles. The molecule has 0 aromatic carbocycles. The van der Waals surface area contributed by atoms with Crippen LogP contribution in [0.4, 0.5) is 0 Å². The van der Waals surface area contributed by atoms with Crippen LogP contribution in [0, 0.1) is 0 Å². The van der Waals surface area contributed by atoms with Crippen LogP contribution in [0.25, 0.3) is 0 Å². The minimum atomic E-state index is -0.622. The first-order valence-corrected chi connectivity index (χ1v) is 3.73. The predicted octanol–water partition coefficient (Wildman–Crippen LogP) is -1.20. The summed E-state index contributed by atoms with van der Waals surface area (Å²) in [6.45, 7) is 1.54. The Bertz CT molecular complexity index is 204. The molecule has 2 atom stereocenters. The van der Waals surface area contributed by atoms with E-state index in [9.17, 15) is 9.59 Å². The molecular formula is C7H11NO4. The van der Waals surface area contributed by atoms with E-state index in [4.69, 9.17) is 5.11 Å². The molecule has 1 rings (SSSR count). The van der Waals surface area contributed by atoms with Gasteiger partial charge < -0.3 is 15.2 Å². The zero-order valence-electron chi connectivity index (χ0n) is 6.74. The Morgan fingerprint density at radius 3 is 2.67 bits per heavy atom. The molecule has 0 saturated carbocycles. The van der Waals surface area contributed by atoms with Crippen LogP contribution in [0.3, 0.4) is 0 Å². The molecule has 12 heavy (non-hydrogen) atoms. The van der Waals surface area contributed by atoms with E-state index >= 15 is 0 Å². The van der Waals surface area contributed by atoms with Gasteiger partial charge in [-0.2, -0.15) is 0 Å². The van der Waals surface area contributed by atoms with Gasteiger partial charge in [0.05, 0.1) is 6.10 Å². The molecule has 5 heteroatoms. The Hall–Kier alpha value is -0.940. The average molecular weight is 173 g/mol. The highest BCUT2D eigenvalue weighted by atomic mass is 16.6. The van der Waals surface area contributed by atoms with Crippen LogP contribution in [0.1, 0.15) is 13.3 Å². The van der Waals surface area contributed by atoms with Crippen LogP contribution < -0.4 is 5.32 Å². The fraction of sp³-hybridized carbons (Fsp3) is 0.714. The summed E-state index contributed by atoms with van der Waals surface area (Å²) in [7, 11) is 0. The Morgan fingerprint density at radius 2 is 2.25 bits per heavy atom. The Balaban J connectivity index is 2.38. The quantitative estimate of drug-likeness (QED) is 0.385. The Morgan fingerprint density at radius 1 is 1.58 bits per heavy atom. The number of aliphatic hydroxyl groups excluding tert-OH is 1. The van der Waals surface area contributed by atoms with Crippen molar-refractivity contribution in [1.82, 2.24) is 5.32 Å². The zero-order valence-corrected chi connectivity index (χ0v) is 6.74. The van der Waals surface area contributed by atoms with Crippen molar-refractivity contribution in [2.24, 2.45) is 0 Å². The molecule has 0 bridgehead atoms. The number of hydrogen-bond donors (Lipinski definition) is 2. The molecule has 0 aromatic rings. The van der Waals surface area contributed by atoms with E-state index in [1.165, 1.54) is 6.92 Å². The first-order chi connectivity index (χ1) is 5.59. The third-order valence-corrected chi connectivity index (χ3v) is 1.64. The number of β-amino-alcohol motifs (C(OH)–C–C–N with tert-alkyl or cyclic N) is 1. The monoisotopic (exact) mass is 173 g/mol. The lowest BCUT2D eigenvalue weighted by atomic mass is 10.2. The second kappa shape index (κ2) is 3.64. The highest BCUT2D eigenvalue weighted by molar-refractivity contribution is 5.87. The second-order valence-electron chi connectivity index (χ2n) is 2.76. The maximum atomic E-state index is 11.0. The first kappa shape index (κ1) is 9.15. The topological polar surface area (TPSA) is 75.6 Å². The summed E-state index contributed by atoms with van der Waals surface area (Å²) in [6.07, 6.45) is -0.207. The number of hydrogen-bond acceptors (Lipinski definition) is 5. The van der Waals surface area contributed by atoms with Crippen molar-refractivity contribution < 1.29 is 19.4 Å². The fourth-order valence-corrected chi connectivity index (χ4v) is 1.11. The molecule has 5 nitrogen and oxygen atoms in total. The summed E-state index contributed by atoms with van der Waals surface area (Å²) in [6, 6.07) is -0.538. The molecule has 0 amide bonds. The zero-order chi connectivity index (χ0) is 9.14. The Kier molecular flexibility index (Phi) is 2.78. The molecule has 1 aliphatic heterocycles. The molecule has 1 aliphatic rings. The number of rotatable bonds is 1. The molecule has 1 heterocycles. The number of carbonyl (C=O) groups excluding carboxylic acids is 2. The normalized spacial score (nSPS) is 28.5. The third kappa shape index (κ3) is 2.28. The number of ether oxygens (including phenoxy) is 1. The molecule has 0 spiro atoms. The van der Waals surface area contributed by atoms with Gasteiger partial charge in [0, 0.05) is 19.9 Å². The molecule has 0 aromatic heterocycles. The van der Waals surface area contributed by atoms with Crippen LogP contribution in [0.5, 0.6) is 0 Å². The summed E-state index contributed by atoms with van der Waals surface area (Å²) in [4.78, 5) is 21.3. The fourth-order valence-electron chi connectivity index (χ4n) is 1.11. The van der Waals surface area contributed by atoms with Crippen molar-refractivity contribution in [1.29, 1.82) is 0 Å². The van der Waals surface area contributed by atoms with Gasteiger partial charge >= 0.3 is 11.9 Å². The lowest BCUT2D eigenvalue weighted by Crippen LogP contribution is -2.33. The van der Waals surface area contributed by atoms with Gasteiger partial charge in [-0.3, -0.25) is 4.79 Å². The van der Waals surface area contributed by atoms with Gasteiger partial charge in [-0.05, 0) is 0 Å². The van der Waals surface area contributed by atoms with E-state index in [1.807, 2.05) is 0 Å². The number of aliphatic hydroxyl groups is 1. The smallest absolute Gasteiger partial charge is 0.330 e. The van der Waals surface area contributed by atoms with Crippen molar-refractivity contribution in [3.8, 4) is 0 Å². The van der Waals surface area contributed by atoms with Gasteiger partial charge in [-0.25, -0.2) is 4.79 Å². The summed E-state index contributed by atoms with van der Waals surface area (Å²) in [5.41, 5.74) is 0. The Labute approximate surface area is 69.7 Å². The van der Waals surface area contributed by atoms with E-state index in [0.29, 0.717) is 13.0 Å². The molecule has 2 unspecified atom stereocenters. The maximum Gasteiger partial charge on any atom is 0.330 e. The molecule has 2 N–H and O–H groups in total. The lowest BCUT2D eigenvalue weighted by Gasteiger charge is -2.06. The highest BCUT2D eigenvalue weighted by Crippen LogP contribution is 2.07. The van der Waals surface area contributed by atoms with Crippen molar-refractivity contribution in [3.63, 3.8) is 0 Å². The van der Waals surface area contributed by atoms with Crippen LogP contribution in [-0.4, -0.2) is 35.7 Å². The molecule has 1 fully saturated rings. The lowest BCUT2D eigenvalue weighted by molar-refractivity contribution is -0.159. The van der Waals surface area contributed by atoms with E-state index in [0.717, 1.165) is 0 Å². The predicted molar refractivity (Wildman–Crippen MR) is 39.2 cm³/mol. The van der Waals surface area contributed by atoms with Gasteiger partial charge in [0.15, 0.2) is 0 Å². The maximum absolute atomic E-state index is 11.0. The minimum absolute atomic E-state index is 0.312. The summed E-state index contributed by atoms with van der Waals surface area (Å²) < 4.78 is 4.33. The van der Waals surface area contributed by atoms with Gasteiger partial charge in [0.2, 0.25) is 0 Å². The van der Waals surface area contributed by atoms with Crippen LogP contribution in [0.2, 0.25) is 0 Å². The minimum Gasteiger partial charge on any atom is -0.392 e. The molecule has 68 valence electrons. The van der Waals surface area contributed by atoms with E-state index < -0.39 is 24.1 Å². The van der Waals surface area contributed by atoms with Gasteiger partial charge in [0.25, 0.3) is 0 Å². The van der Waals surface area contributed by atoms with Crippen LogP contribution in [0.15, 0.2) is 0 Å². The molecule has 0 aliphatic carbocycles. The summed E-state index contributed by atoms with van der Waals surface area (Å²) in [5, 5.41) is 11.8. The molecular weight excluding hydrogens is 162 g/mol. The van der Waals surface area contributed by atoms with E-state index in [1.54, 1.807) is 0 Å². The van der Waals surface area contributed by atoms with Gasteiger partial charge in [-0.15, -0.1) is 0 Å². The first-order valence-electron chi connectivity index (χ1n) is 3.73. The summed E-state index contributed by atoms with van der Waals surface area (Å²) in [5.74, 6) is -1.23. The van der Waals surface area contributed by atoms with E-state index in [-0.39, 0.29) is 0 Å². The van der Waals surface area contributed by atoms with Crippen LogP contribution in [-0.2, 0) is 14.3 Å². The summed E-state index contributed by atoms with van der Waals surface area (Å²) >= 11 is 0. The van der Waals surface area contributed by atoms with Crippen molar-refractivity contribution in [3.05, 3.63) is 0 Å². The van der Waals surface area contributed by atoms with Crippen LogP contribution >= 0.6 is 0 Å². The highest BCUT2D eigenvalue weighted by Gasteiger charge is 2.29. The number of carbonyl (C=O) groups is 2. The standard InChI is InChI=1S/C7H11NO4/c1-4(9)12-7(11)6-2-5(10)3-8-6/h5-6,8,10H,2-3H2,1H3. The average Bonchev–Trinajstić information content (AvgIpc) is 2.34. The third-order valence-electron chi connectivity index (χ3n) is 1.64. The van der Waals surface area contributed by atoms with E-state index in [2.05, 4.69) is 10.1 Å². The SMILES string of the molecule is CC(=O)OC(=O)C1CC(O)CN1. The van der Waals surface area contributed by atoms with Crippen molar-refractivity contribution >= 4 is 11.9 Å². The van der Waals surface area contributed by atoms with Gasteiger partial charge in [0.1, 0.15) is 6.04 Å². The largest absolute Gasteiger partial charge is 0.392 e. The molecule has 0 radical (unpaired) electrons. The van der Waals surface area contributed by atoms with Crippen molar-refractivity contribution in [2.45, 2.75) is 25.5 Å². The second-order valence-corrected chi connectivity index (χ2v) is 2.76. The van der Waals surface area contributed by atoms with Gasteiger partial charge in [-0.1, -0.05) is 0 Å². The van der Waals surface area contributed by atoms with Crippen molar-refractivity contribution in [2.75, 3.05) is 6.54 Å².